The minimum absolute atomic E-state index is 0.0184. The van der Waals surface area contributed by atoms with Gasteiger partial charge in [-0.25, -0.2) is 0 Å². The van der Waals surface area contributed by atoms with E-state index >= 15 is 0 Å². The second-order valence-electron chi connectivity index (χ2n) is 5.85. The minimum atomic E-state index is -0.399. The zero-order valence-corrected chi connectivity index (χ0v) is 10.8. The smallest absolute Gasteiger partial charge is 0.307 e. The molecule has 0 amide bonds. The predicted octanol–water partition coefficient (Wildman–Crippen LogP) is 2.63. The molecule has 1 atom stereocenters. The highest BCUT2D eigenvalue weighted by atomic mass is 16.6. The van der Waals surface area contributed by atoms with Gasteiger partial charge < -0.3 is 10.5 Å². The summed E-state index contributed by atoms with van der Waals surface area (Å²) in [4.78, 5) is 11.6. The van der Waals surface area contributed by atoms with Gasteiger partial charge >= 0.3 is 5.97 Å². The first-order valence-corrected chi connectivity index (χ1v) is 6.36. The Morgan fingerprint density at radius 1 is 1.31 bits per heavy atom. The Bertz CT molecular complexity index is 227. The second kappa shape index (κ2) is 5.67. The average molecular weight is 227 g/mol. The summed E-state index contributed by atoms with van der Waals surface area (Å²) in [6.07, 6.45) is 6.53. The highest BCUT2D eigenvalue weighted by molar-refractivity contribution is 5.70. The van der Waals surface area contributed by atoms with Crippen molar-refractivity contribution in [2.45, 2.75) is 70.9 Å². The van der Waals surface area contributed by atoms with Gasteiger partial charge in [0, 0.05) is 6.04 Å². The van der Waals surface area contributed by atoms with E-state index in [1.165, 1.54) is 32.1 Å². The van der Waals surface area contributed by atoms with E-state index in [2.05, 4.69) is 0 Å². The van der Waals surface area contributed by atoms with Crippen molar-refractivity contribution in [2.75, 3.05) is 0 Å². The minimum Gasteiger partial charge on any atom is -0.460 e. The lowest BCUT2D eigenvalue weighted by molar-refractivity contribution is -0.155. The summed E-state index contributed by atoms with van der Waals surface area (Å²) in [5, 5.41) is 0. The number of ether oxygens (including phenoxy) is 1. The van der Waals surface area contributed by atoms with E-state index in [1.54, 1.807) is 0 Å². The van der Waals surface area contributed by atoms with Crippen molar-refractivity contribution in [1.29, 1.82) is 0 Å². The molecule has 0 radical (unpaired) electrons. The van der Waals surface area contributed by atoms with Gasteiger partial charge in [0.15, 0.2) is 0 Å². The van der Waals surface area contributed by atoms with Crippen LogP contribution in [-0.4, -0.2) is 17.6 Å². The van der Waals surface area contributed by atoms with Crippen molar-refractivity contribution in [2.24, 2.45) is 11.7 Å². The SMILES string of the molecule is CC(C)(C)OC(=O)C[C@@H](N)C1CCCCC1. The van der Waals surface area contributed by atoms with Crippen molar-refractivity contribution in [1.82, 2.24) is 0 Å². The van der Waals surface area contributed by atoms with Gasteiger partial charge in [-0.05, 0) is 39.5 Å². The molecule has 1 aliphatic carbocycles. The molecule has 3 nitrogen and oxygen atoms in total. The molecule has 0 spiro atoms. The third-order valence-corrected chi connectivity index (χ3v) is 3.08. The Hall–Kier alpha value is -0.570. The van der Waals surface area contributed by atoms with E-state index in [1.807, 2.05) is 20.8 Å². The van der Waals surface area contributed by atoms with Gasteiger partial charge in [0.25, 0.3) is 0 Å². The number of esters is 1. The number of carbonyl (C=O) groups excluding carboxylic acids is 1. The molecule has 16 heavy (non-hydrogen) atoms. The van der Waals surface area contributed by atoms with E-state index in [4.69, 9.17) is 10.5 Å². The van der Waals surface area contributed by atoms with Gasteiger partial charge in [0.05, 0.1) is 6.42 Å². The monoisotopic (exact) mass is 227 g/mol. The summed E-state index contributed by atoms with van der Waals surface area (Å²) in [7, 11) is 0. The Kier molecular flexibility index (Phi) is 4.78. The third kappa shape index (κ3) is 4.97. The van der Waals surface area contributed by atoms with Crippen LogP contribution < -0.4 is 5.73 Å². The molecule has 1 aliphatic rings. The van der Waals surface area contributed by atoms with E-state index < -0.39 is 5.60 Å². The van der Waals surface area contributed by atoms with Crippen molar-refractivity contribution in [3.05, 3.63) is 0 Å². The van der Waals surface area contributed by atoms with Crippen LogP contribution in [0.2, 0.25) is 0 Å². The van der Waals surface area contributed by atoms with Crippen molar-refractivity contribution in [3.8, 4) is 0 Å². The van der Waals surface area contributed by atoms with Crippen LogP contribution in [-0.2, 0) is 9.53 Å². The zero-order chi connectivity index (χ0) is 12.2. The number of hydrogen-bond donors (Lipinski definition) is 1. The van der Waals surface area contributed by atoms with Crippen molar-refractivity contribution >= 4 is 5.97 Å². The fraction of sp³-hybridized carbons (Fsp3) is 0.923. The van der Waals surface area contributed by atoms with Crippen molar-refractivity contribution < 1.29 is 9.53 Å². The number of carbonyl (C=O) groups is 1. The largest absolute Gasteiger partial charge is 0.460 e. The molecular weight excluding hydrogens is 202 g/mol. The fourth-order valence-electron chi connectivity index (χ4n) is 2.30. The van der Waals surface area contributed by atoms with Crippen molar-refractivity contribution in [3.63, 3.8) is 0 Å². The first-order chi connectivity index (χ1) is 7.38. The summed E-state index contributed by atoms with van der Waals surface area (Å²) in [6.45, 7) is 5.66. The molecule has 1 fully saturated rings. The topological polar surface area (TPSA) is 52.3 Å². The number of rotatable bonds is 3. The molecule has 94 valence electrons. The lowest BCUT2D eigenvalue weighted by Gasteiger charge is -2.28. The van der Waals surface area contributed by atoms with Gasteiger partial charge in [-0.15, -0.1) is 0 Å². The van der Waals surface area contributed by atoms with Crippen LogP contribution in [0, 0.1) is 5.92 Å². The average Bonchev–Trinajstić information content (AvgIpc) is 2.16. The summed E-state index contributed by atoms with van der Waals surface area (Å²) in [5.74, 6) is 0.354. The Balaban J connectivity index is 2.32. The zero-order valence-electron chi connectivity index (χ0n) is 10.8. The lowest BCUT2D eigenvalue weighted by atomic mass is 9.83. The molecule has 0 heterocycles. The molecule has 0 aromatic carbocycles. The Labute approximate surface area is 98.7 Å². The van der Waals surface area contributed by atoms with E-state index in [9.17, 15) is 4.79 Å². The maximum Gasteiger partial charge on any atom is 0.307 e. The van der Waals surface area contributed by atoms with Crippen LogP contribution in [0.5, 0.6) is 0 Å². The number of hydrogen-bond acceptors (Lipinski definition) is 3. The first-order valence-electron chi connectivity index (χ1n) is 6.36. The Morgan fingerprint density at radius 2 is 1.88 bits per heavy atom. The van der Waals surface area contributed by atoms with Gasteiger partial charge in [-0.1, -0.05) is 19.3 Å². The summed E-state index contributed by atoms with van der Waals surface area (Å²) in [6, 6.07) is -0.0184. The molecule has 1 rings (SSSR count). The third-order valence-electron chi connectivity index (χ3n) is 3.08. The van der Waals surface area contributed by atoms with Crippen LogP contribution in [0.4, 0.5) is 0 Å². The maximum absolute atomic E-state index is 11.6. The molecule has 0 aromatic rings. The fourth-order valence-corrected chi connectivity index (χ4v) is 2.30. The van der Waals surface area contributed by atoms with E-state index in [-0.39, 0.29) is 12.0 Å². The maximum atomic E-state index is 11.6. The highest BCUT2D eigenvalue weighted by Crippen LogP contribution is 2.27. The summed E-state index contributed by atoms with van der Waals surface area (Å²) < 4.78 is 5.28. The van der Waals surface area contributed by atoms with Crippen LogP contribution in [0.15, 0.2) is 0 Å². The summed E-state index contributed by atoms with van der Waals surface area (Å²) >= 11 is 0. The lowest BCUT2D eigenvalue weighted by Crippen LogP contribution is -2.36. The first kappa shape index (κ1) is 13.5. The molecule has 0 aromatic heterocycles. The van der Waals surface area contributed by atoms with Gasteiger partial charge in [0.1, 0.15) is 5.60 Å². The molecule has 0 bridgehead atoms. The molecule has 0 saturated heterocycles. The quantitative estimate of drug-likeness (QED) is 0.754. The van der Waals surface area contributed by atoms with Crippen LogP contribution in [0.1, 0.15) is 59.3 Å². The highest BCUT2D eigenvalue weighted by Gasteiger charge is 2.25. The number of nitrogens with two attached hydrogens (primary N) is 1. The Morgan fingerprint density at radius 3 is 2.38 bits per heavy atom. The summed E-state index contributed by atoms with van der Waals surface area (Å²) in [5.41, 5.74) is 5.67. The predicted molar refractivity (Wildman–Crippen MR) is 65.0 cm³/mol. The van der Waals surface area contributed by atoms with Crippen LogP contribution >= 0.6 is 0 Å². The van der Waals surface area contributed by atoms with Gasteiger partial charge in [-0.3, -0.25) is 4.79 Å². The van der Waals surface area contributed by atoms with Crippen LogP contribution in [0.25, 0.3) is 0 Å². The molecule has 0 aliphatic heterocycles. The van der Waals surface area contributed by atoms with Gasteiger partial charge in [0.2, 0.25) is 0 Å². The second-order valence-corrected chi connectivity index (χ2v) is 5.85. The van der Waals surface area contributed by atoms with Gasteiger partial charge in [-0.2, -0.15) is 0 Å². The standard InChI is InChI=1S/C13H25NO2/c1-13(2,3)16-12(15)9-11(14)10-7-5-4-6-8-10/h10-11H,4-9,14H2,1-3H3/t11-/m1/s1. The van der Waals surface area contributed by atoms with E-state index in [0.717, 1.165) is 0 Å². The molecule has 2 N–H and O–H groups in total. The van der Waals surface area contributed by atoms with E-state index in [0.29, 0.717) is 12.3 Å². The van der Waals surface area contributed by atoms with Crippen LogP contribution in [0.3, 0.4) is 0 Å². The normalized spacial score (nSPS) is 20.5. The molecular formula is C13H25NO2. The molecule has 0 unspecified atom stereocenters. The molecule has 3 heteroatoms. The molecule has 1 saturated carbocycles.